The van der Waals surface area contributed by atoms with Crippen LogP contribution in [0.3, 0.4) is 0 Å². The number of imidazole rings is 1. The van der Waals surface area contributed by atoms with Crippen molar-refractivity contribution in [3.05, 3.63) is 83.8 Å². The van der Waals surface area contributed by atoms with Gasteiger partial charge in [0.1, 0.15) is 5.82 Å². The number of amides is 1. The average Bonchev–Trinajstić information content (AvgIpc) is 2.95. The zero-order valence-corrected chi connectivity index (χ0v) is 12.6. The number of benzene rings is 2. The second-order valence-corrected chi connectivity index (χ2v) is 5.26. The molecule has 23 heavy (non-hydrogen) atoms. The number of rotatable bonds is 5. The van der Waals surface area contributed by atoms with Crippen LogP contribution in [0.4, 0.5) is 5.82 Å². The Labute approximate surface area is 134 Å². The number of hydrogen-bond donors (Lipinski definition) is 2. The molecule has 0 fully saturated rings. The lowest BCUT2D eigenvalue weighted by Crippen LogP contribution is -2.24. The Bertz CT molecular complexity index is 781. The first-order valence-corrected chi connectivity index (χ1v) is 7.40. The maximum absolute atomic E-state index is 12.2. The normalized spacial score (nSPS) is 10.4. The molecule has 0 aliphatic carbocycles. The van der Waals surface area contributed by atoms with Crippen molar-refractivity contribution in [2.45, 2.75) is 13.1 Å². The molecule has 0 bridgehead atoms. The van der Waals surface area contributed by atoms with Crippen LogP contribution in [0.5, 0.6) is 0 Å². The molecule has 1 heterocycles. The molecule has 0 radical (unpaired) electrons. The van der Waals surface area contributed by atoms with Gasteiger partial charge in [0.25, 0.3) is 5.91 Å². The minimum Gasteiger partial charge on any atom is -0.383 e. The molecule has 5 heteroatoms. The fraction of sp³-hybridized carbons (Fsp3) is 0.111. The molecular weight excluding hydrogens is 288 g/mol. The first-order chi connectivity index (χ1) is 11.2. The summed E-state index contributed by atoms with van der Waals surface area (Å²) < 4.78 is 1.77. The van der Waals surface area contributed by atoms with Gasteiger partial charge in [-0.1, -0.05) is 60.7 Å². The van der Waals surface area contributed by atoms with Gasteiger partial charge in [0, 0.05) is 6.54 Å². The van der Waals surface area contributed by atoms with Crippen molar-refractivity contribution in [2.24, 2.45) is 0 Å². The summed E-state index contributed by atoms with van der Waals surface area (Å²) in [6.07, 6.45) is 1.60. The first kappa shape index (κ1) is 14.8. The fourth-order valence-corrected chi connectivity index (χ4v) is 2.33. The maximum atomic E-state index is 12.2. The number of hydrogen-bond acceptors (Lipinski definition) is 3. The average molecular weight is 306 g/mol. The molecule has 0 aliphatic rings. The molecule has 0 spiro atoms. The number of carbonyl (C=O) groups is 1. The summed E-state index contributed by atoms with van der Waals surface area (Å²) in [4.78, 5) is 16.4. The summed E-state index contributed by atoms with van der Waals surface area (Å²) in [6, 6.07) is 19.6. The smallest absolute Gasteiger partial charge is 0.273 e. The second-order valence-electron chi connectivity index (χ2n) is 5.26. The molecule has 3 rings (SSSR count). The maximum Gasteiger partial charge on any atom is 0.273 e. The molecule has 0 unspecified atom stereocenters. The van der Waals surface area contributed by atoms with Crippen LogP contribution in [0.25, 0.3) is 0 Å². The monoisotopic (exact) mass is 306 g/mol. The van der Waals surface area contributed by atoms with Gasteiger partial charge in [0.05, 0.1) is 12.9 Å². The zero-order chi connectivity index (χ0) is 16.1. The standard InChI is InChI=1S/C18H18N4O/c19-17-16(18(23)20-11-14-7-3-1-4-8-14)21-13-22(17)12-15-9-5-2-6-10-15/h1-10,13H,11-12,19H2,(H,20,23). The lowest BCUT2D eigenvalue weighted by Gasteiger charge is -2.07. The Balaban J connectivity index is 1.67. The van der Waals surface area contributed by atoms with E-state index >= 15 is 0 Å². The molecule has 1 aromatic heterocycles. The lowest BCUT2D eigenvalue weighted by molar-refractivity contribution is 0.0947. The highest BCUT2D eigenvalue weighted by atomic mass is 16.1. The number of anilines is 1. The van der Waals surface area contributed by atoms with Crippen molar-refractivity contribution < 1.29 is 4.79 Å². The van der Waals surface area contributed by atoms with E-state index in [2.05, 4.69) is 10.3 Å². The Kier molecular flexibility index (Phi) is 4.38. The van der Waals surface area contributed by atoms with E-state index in [1.54, 1.807) is 10.9 Å². The third kappa shape index (κ3) is 3.58. The van der Waals surface area contributed by atoms with Gasteiger partial charge in [0.15, 0.2) is 5.69 Å². The molecule has 0 saturated carbocycles. The van der Waals surface area contributed by atoms with Gasteiger partial charge in [-0.15, -0.1) is 0 Å². The Morgan fingerprint density at radius 3 is 2.26 bits per heavy atom. The summed E-state index contributed by atoms with van der Waals surface area (Å²) in [5.74, 6) is 0.109. The molecule has 5 nitrogen and oxygen atoms in total. The Hall–Kier alpha value is -3.08. The SMILES string of the molecule is Nc1c(C(=O)NCc2ccccc2)ncn1Cc1ccccc1. The quantitative estimate of drug-likeness (QED) is 0.760. The highest BCUT2D eigenvalue weighted by Crippen LogP contribution is 2.13. The molecule has 0 saturated heterocycles. The minimum absolute atomic E-state index is 0.261. The van der Waals surface area contributed by atoms with E-state index in [1.165, 1.54) is 0 Å². The third-order valence-corrected chi connectivity index (χ3v) is 3.58. The van der Waals surface area contributed by atoms with Crippen molar-refractivity contribution in [3.8, 4) is 0 Å². The highest BCUT2D eigenvalue weighted by Gasteiger charge is 2.15. The predicted octanol–water partition coefficient (Wildman–Crippen LogP) is 2.44. The Morgan fingerprint density at radius 1 is 1.00 bits per heavy atom. The van der Waals surface area contributed by atoms with Crippen molar-refractivity contribution in [2.75, 3.05) is 5.73 Å². The van der Waals surface area contributed by atoms with Gasteiger partial charge in [-0.25, -0.2) is 4.98 Å². The van der Waals surface area contributed by atoms with Gasteiger partial charge >= 0.3 is 0 Å². The van der Waals surface area contributed by atoms with Gasteiger partial charge in [0.2, 0.25) is 0 Å². The summed E-state index contributed by atoms with van der Waals surface area (Å²) in [7, 11) is 0. The minimum atomic E-state index is -0.266. The van der Waals surface area contributed by atoms with Crippen LogP contribution in [0.2, 0.25) is 0 Å². The van der Waals surface area contributed by atoms with Crippen LogP contribution in [0.15, 0.2) is 67.0 Å². The van der Waals surface area contributed by atoms with Crippen LogP contribution >= 0.6 is 0 Å². The molecule has 0 atom stereocenters. The molecule has 0 aliphatic heterocycles. The molecule has 116 valence electrons. The van der Waals surface area contributed by atoms with Crippen LogP contribution < -0.4 is 11.1 Å². The number of nitrogens with zero attached hydrogens (tertiary/aromatic N) is 2. The molecule has 3 aromatic rings. The van der Waals surface area contributed by atoms with E-state index in [4.69, 9.17) is 5.73 Å². The molecule has 1 amide bonds. The van der Waals surface area contributed by atoms with Crippen molar-refractivity contribution in [1.29, 1.82) is 0 Å². The number of aromatic nitrogens is 2. The summed E-state index contributed by atoms with van der Waals surface area (Å²) >= 11 is 0. The van der Waals surface area contributed by atoms with Crippen LogP contribution in [-0.4, -0.2) is 15.5 Å². The van der Waals surface area contributed by atoms with Gasteiger partial charge in [-0.2, -0.15) is 0 Å². The van der Waals surface area contributed by atoms with Crippen molar-refractivity contribution in [3.63, 3.8) is 0 Å². The zero-order valence-electron chi connectivity index (χ0n) is 12.6. The molecule has 2 aromatic carbocycles. The number of carbonyl (C=O) groups excluding carboxylic acids is 1. The number of nitrogens with two attached hydrogens (primary N) is 1. The first-order valence-electron chi connectivity index (χ1n) is 7.40. The van der Waals surface area contributed by atoms with E-state index in [0.717, 1.165) is 11.1 Å². The number of nitrogens with one attached hydrogen (secondary N) is 1. The summed E-state index contributed by atoms with van der Waals surface area (Å²) in [5, 5.41) is 2.84. The third-order valence-electron chi connectivity index (χ3n) is 3.58. The van der Waals surface area contributed by atoms with Gasteiger partial charge in [-0.3, -0.25) is 4.79 Å². The second kappa shape index (κ2) is 6.79. The largest absolute Gasteiger partial charge is 0.383 e. The van der Waals surface area contributed by atoms with E-state index in [1.807, 2.05) is 60.7 Å². The fourth-order valence-electron chi connectivity index (χ4n) is 2.33. The summed E-state index contributed by atoms with van der Waals surface area (Å²) in [5.41, 5.74) is 8.46. The van der Waals surface area contributed by atoms with Gasteiger partial charge < -0.3 is 15.6 Å². The van der Waals surface area contributed by atoms with Crippen molar-refractivity contribution in [1.82, 2.24) is 14.9 Å². The molecular formula is C18H18N4O. The van der Waals surface area contributed by atoms with Crippen molar-refractivity contribution >= 4 is 11.7 Å². The topological polar surface area (TPSA) is 72.9 Å². The van der Waals surface area contributed by atoms with Crippen LogP contribution in [-0.2, 0) is 13.1 Å². The predicted molar refractivity (Wildman–Crippen MR) is 89.8 cm³/mol. The number of nitrogen functional groups attached to an aromatic ring is 1. The van der Waals surface area contributed by atoms with Crippen LogP contribution in [0, 0.1) is 0 Å². The Morgan fingerprint density at radius 2 is 1.61 bits per heavy atom. The van der Waals surface area contributed by atoms with E-state index in [0.29, 0.717) is 18.9 Å². The van der Waals surface area contributed by atoms with Gasteiger partial charge in [-0.05, 0) is 11.1 Å². The molecule has 3 N–H and O–H groups in total. The van der Waals surface area contributed by atoms with E-state index in [9.17, 15) is 4.79 Å². The highest BCUT2D eigenvalue weighted by molar-refractivity contribution is 5.96. The van der Waals surface area contributed by atoms with Crippen LogP contribution in [0.1, 0.15) is 21.6 Å². The van der Waals surface area contributed by atoms with E-state index < -0.39 is 0 Å². The van der Waals surface area contributed by atoms with E-state index in [-0.39, 0.29) is 11.6 Å². The summed E-state index contributed by atoms with van der Waals surface area (Å²) in [6.45, 7) is 1.04. The lowest BCUT2D eigenvalue weighted by atomic mass is 10.2.